The van der Waals surface area contributed by atoms with Crippen molar-refractivity contribution in [3.8, 4) is 11.3 Å². The number of hydrogen-bond donors (Lipinski definition) is 1. The lowest BCUT2D eigenvalue weighted by molar-refractivity contribution is -0.0810. The molecule has 3 aromatic carbocycles. The molecule has 0 unspecified atom stereocenters. The fourth-order valence-electron chi connectivity index (χ4n) is 4.67. The molecule has 1 fully saturated rings. The van der Waals surface area contributed by atoms with Crippen molar-refractivity contribution < 1.29 is 14.6 Å². The number of fused-ring (bicyclic) bond motifs is 1. The van der Waals surface area contributed by atoms with Gasteiger partial charge in [-0.25, -0.2) is 0 Å². The van der Waals surface area contributed by atoms with Crippen LogP contribution >= 0.6 is 0 Å². The Morgan fingerprint density at radius 3 is 2.56 bits per heavy atom. The quantitative estimate of drug-likeness (QED) is 0.538. The molecule has 1 aliphatic heterocycles. The van der Waals surface area contributed by atoms with Crippen molar-refractivity contribution in [3.63, 3.8) is 0 Å². The van der Waals surface area contributed by atoms with Gasteiger partial charge in [0.05, 0.1) is 24.9 Å². The molecule has 2 atom stereocenters. The molecule has 6 heteroatoms. The lowest BCUT2D eigenvalue weighted by Gasteiger charge is -2.41. The van der Waals surface area contributed by atoms with Gasteiger partial charge in [0, 0.05) is 30.9 Å². The van der Waals surface area contributed by atoms with Crippen LogP contribution in [0.25, 0.3) is 22.0 Å². The summed E-state index contributed by atoms with van der Waals surface area (Å²) in [4.78, 5) is 15.7. The number of aliphatic hydroxyl groups is 1. The Labute approximate surface area is 186 Å². The largest absolute Gasteiger partial charge is 0.394 e. The van der Waals surface area contributed by atoms with Crippen molar-refractivity contribution in [3.05, 3.63) is 90.1 Å². The third kappa shape index (κ3) is 3.47. The summed E-state index contributed by atoms with van der Waals surface area (Å²) < 4.78 is 7.66. The highest BCUT2D eigenvalue weighted by molar-refractivity contribution is 6.10. The Morgan fingerprint density at radius 1 is 1.03 bits per heavy atom. The van der Waals surface area contributed by atoms with Crippen LogP contribution in [0, 0.1) is 0 Å². The van der Waals surface area contributed by atoms with E-state index in [2.05, 4.69) is 11.2 Å². The van der Waals surface area contributed by atoms with E-state index in [0.29, 0.717) is 18.7 Å². The molecule has 2 heterocycles. The lowest BCUT2D eigenvalue weighted by atomic mass is 9.94. The number of morpholine rings is 1. The molecule has 1 amide bonds. The summed E-state index contributed by atoms with van der Waals surface area (Å²) in [6, 6.07) is 23.3. The van der Waals surface area contributed by atoms with Crippen LogP contribution in [0.2, 0.25) is 0 Å². The molecule has 1 aliphatic rings. The second kappa shape index (κ2) is 8.57. The van der Waals surface area contributed by atoms with Gasteiger partial charge in [-0.15, -0.1) is 0 Å². The van der Waals surface area contributed by atoms with Crippen LogP contribution in [-0.2, 0) is 11.8 Å². The van der Waals surface area contributed by atoms with Crippen molar-refractivity contribution in [1.29, 1.82) is 0 Å². The number of rotatable bonds is 4. The Balaban J connectivity index is 1.60. The zero-order valence-corrected chi connectivity index (χ0v) is 17.9. The first-order valence-electron chi connectivity index (χ1n) is 10.8. The van der Waals surface area contributed by atoms with Crippen LogP contribution in [0.15, 0.2) is 79.0 Å². The van der Waals surface area contributed by atoms with E-state index in [1.54, 1.807) is 6.20 Å². The topological polar surface area (TPSA) is 67.6 Å². The third-order valence-corrected chi connectivity index (χ3v) is 6.18. The molecule has 6 nitrogen and oxygen atoms in total. The van der Waals surface area contributed by atoms with Crippen LogP contribution in [0.3, 0.4) is 0 Å². The van der Waals surface area contributed by atoms with Crippen molar-refractivity contribution in [1.82, 2.24) is 14.7 Å². The Bertz CT molecular complexity index is 1250. The number of aromatic nitrogens is 2. The molecule has 0 saturated carbocycles. The molecule has 162 valence electrons. The summed E-state index contributed by atoms with van der Waals surface area (Å²) in [5.74, 6) is -0.0617. The van der Waals surface area contributed by atoms with Crippen LogP contribution in [0.1, 0.15) is 22.0 Å². The van der Waals surface area contributed by atoms with E-state index in [9.17, 15) is 9.90 Å². The Kier molecular flexibility index (Phi) is 5.47. The van der Waals surface area contributed by atoms with Crippen LogP contribution < -0.4 is 0 Å². The summed E-state index contributed by atoms with van der Waals surface area (Å²) in [7, 11) is 1.91. The van der Waals surface area contributed by atoms with Gasteiger partial charge >= 0.3 is 0 Å². The van der Waals surface area contributed by atoms with Gasteiger partial charge < -0.3 is 14.7 Å². The normalized spacial score (nSPS) is 18.8. The number of amides is 1. The molecule has 0 spiro atoms. The minimum atomic E-state index is -0.463. The van der Waals surface area contributed by atoms with E-state index >= 15 is 0 Å². The minimum Gasteiger partial charge on any atom is -0.394 e. The van der Waals surface area contributed by atoms with Gasteiger partial charge in [-0.05, 0) is 28.5 Å². The Morgan fingerprint density at radius 2 is 1.81 bits per heavy atom. The SMILES string of the molecule is Cn1nccc1-c1cccc2c(C(=O)N3CCO[C@@H](CO)[C@@H]3c3ccccc3)cccc12. The number of carbonyl (C=O) groups excluding carboxylic acids is 1. The van der Waals surface area contributed by atoms with Crippen molar-refractivity contribution in [2.75, 3.05) is 19.8 Å². The van der Waals surface area contributed by atoms with Gasteiger partial charge in [-0.1, -0.05) is 60.7 Å². The molecule has 4 aromatic rings. The van der Waals surface area contributed by atoms with Gasteiger partial charge in [-0.2, -0.15) is 5.10 Å². The molecule has 5 rings (SSSR count). The first-order valence-corrected chi connectivity index (χ1v) is 10.8. The number of benzene rings is 3. The average Bonchev–Trinajstić information content (AvgIpc) is 3.28. The monoisotopic (exact) mass is 427 g/mol. The fraction of sp³-hybridized carbons (Fsp3) is 0.231. The number of aryl methyl sites for hydroxylation is 1. The van der Waals surface area contributed by atoms with E-state index in [4.69, 9.17) is 4.74 Å². The summed E-state index contributed by atoms with van der Waals surface area (Å²) in [5.41, 5.74) is 3.63. The molecule has 1 aromatic heterocycles. The standard InChI is InChI=1S/C26H25N3O3/c1-28-23(13-14-27-28)21-11-5-10-20-19(21)9-6-12-22(20)26(31)29-15-16-32-24(17-30)25(29)18-7-3-2-4-8-18/h2-14,24-25,30H,15-17H2,1H3/t24-,25-/m0/s1. The molecular weight excluding hydrogens is 402 g/mol. The zero-order valence-electron chi connectivity index (χ0n) is 17.9. The number of ether oxygens (including phenoxy) is 1. The smallest absolute Gasteiger partial charge is 0.255 e. The maximum atomic E-state index is 13.9. The minimum absolute atomic E-state index is 0.0617. The highest BCUT2D eigenvalue weighted by Crippen LogP contribution is 2.34. The van der Waals surface area contributed by atoms with Crippen molar-refractivity contribution >= 4 is 16.7 Å². The van der Waals surface area contributed by atoms with Crippen LogP contribution in [0.4, 0.5) is 0 Å². The summed E-state index contributed by atoms with van der Waals surface area (Å²) in [6.07, 6.45) is 1.31. The van der Waals surface area contributed by atoms with Gasteiger partial charge in [0.15, 0.2) is 0 Å². The van der Waals surface area contributed by atoms with Gasteiger partial charge in [0.25, 0.3) is 5.91 Å². The van der Waals surface area contributed by atoms with Gasteiger partial charge in [0.1, 0.15) is 6.10 Å². The van der Waals surface area contributed by atoms with E-state index in [1.807, 2.05) is 83.4 Å². The number of aliphatic hydroxyl groups excluding tert-OH is 1. The fourth-order valence-corrected chi connectivity index (χ4v) is 4.67. The second-order valence-corrected chi connectivity index (χ2v) is 7.99. The Hall–Kier alpha value is -3.48. The highest BCUT2D eigenvalue weighted by Gasteiger charge is 2.36. The zero-order chi connectivity index (χ0) is 22.1. The first-order chi connectivity index (χ1) is 15.7. The number of hydrogen-bond acceptors (Lipinski definition) is 4. The van der Waals surface area contributed by atoms with Crippen LogP contribution in [-0.4, -0.2) is 51.6 Å². The second-order valence-electron chi connectivity index (χ2n) is 7.99. The molecule has 32 heavy (non-hydrogen) atoms. The number of nitrogens with zero attached hydrogens (tertiary/aromatic N) is 3. The highest BCUT2D eigenvalue weighted by atomic mass is 16.5. The number of carbonyl (C=O) groups is 1. The van der Waals surface area contributed by atoms with E-state index < -0.39 is 6.10 Å². The lowest BCUT2D eigenvalue weighted by Crippen LogP contribution is -2.49. The third-order valence-electron chi connectivity index (χ3n) is 6.18. The maximum Gasteiger partial charge on any atom is 0.255 e. The van der Waals surface area contributed by atoms with Gasteiger partial charge in [-0.3, -0.25) is 9.48 Å². The molecule has 0 bridgehead atoms. The van der Waals surface area contributed by atoms with E-state index in [-0.39, 0.29) is 18.6 Å². The molecule has 1 N–H and O–H groups in total. The summed E-state index contributed by atoms with van der Waals surface area (Å²) in [6.45, 7) is 0.710. The molecular formula is C26H25N3O3. The maximum absolute atomic E-state index is 13.9. The average molecular weight is 428 g/mol. The van der Waals surface area contributed by atoms with E-state index in [1.165, 1.54) is 0 Å². The first kappa shape index (κ1) is 20.4. The summed E-state index contributed by atoms with van der Waals surface area (Å²) >= 11 is 0. The predicted octanol–water partition coefficient (Wildman–Crippen LogP) is 3.81. The molecule has 0 radical (unpaired) electrons. The predicted molar refractivity (Wildman–Crippen MR) is 123 cm³/mol. The van der Waals surface area contributed by atoms with Crippen molar-refractivity contribution in [2.45, 2.75) is 12.1 Å². The van der Waals surface area contributed by atoms with Crippen LogP contribution in [0.5, 0.6) is 0 Å². The van der Waals surface area contributed by atoms with E-state index in [0.717, 1.165) is 27.6 Å². The molecule has 0 aliphatic carbocycles. The summed E-state index contributed by atoms with van der Waals surface area (Å²) in [5, 5.41) is 16.2. The van der Waals surface area contributed by atoms with Gasteiger partial charge in [0.2, 0.25) is 0 Å². The molecule has 1 saturated heterocycles. The van der Waals surface area contributed by atoms with Crippen molar-refractivity contribution in [2.24, 2.45) is 7.05 Å².